The SMILES string of the molecule is CCCCCCC(=O)C(C)(CCCC)SC(N)=S. The van der Waals surface area contributed by atoms with Gasteiger partial charge in [0, 0.05) is 6.42 Å². The molecule has 106 valence electrons. The first-order chi connectivity index (χ1) is 8.46. The van der Waals surface area contributed by atoms with Gasteiger partial charge in [-0.25, -0.2) is 0 Å². The number of carbonyl (C=O) groups is 1. The van der Waals surface area contributed by atoms with Crippen molar-refractivity contribution in [1.29, 1.82) is 0 Å². The minimum Gasteiger partial charge on any atom is -0.385 e. The smallest absolute Gasteiger partial charge is 0.149 e. The predicted octanol–water partition coefficient (Wildman–Crippen LogP) is 4.45. The van der Waals surface area contributed by atoms with Gasteiger partial charge < -0.3 is 5.73 Å². The van der Waals surface area contributed by atoms with Gasteiger partial charge in [0.15, 0.2) is 0 Å². The first-order valence-electron chi connectivity index (χ1n) is 6.98. The second kappa shape index (κ2) is 9.79. The molecule has 0 aliphatic heterocycles. The van der Waals surface area contributed by atoms with E-state index in [1.807, 2.05) is 6.92 Å². The van der Waals surface area contributed by atoms with Gasteiger partial charge in [-0.2, -0.15) is 0 Å². The molecule has 0 aromatic heterocycles. The normalized spacial score (nSPS) is 14.2. The van der Waals surface area contributed by atoms with Crippen molar-refractivity contribution in [3.05, 3.63) is 0 Å². The number of unbranched alkanes of at least 4 members (excludes halogenated alkanes) is 4. The van der Waals surface area contributed by atoms with Crippen LogP contribution < -0.4 is 5.73 Å². The lowest BCUT2D eigenvalue weighted by atomic mass is 9.94. The van der Waals surface area contributed by atoms with Gasteiger partial charge in [-0.05, 0) is 19.8 Å². The Labute approximate surface area is 121 Å². The van der Waals surface area contributed by atoms with Crippen molar-refractivity contribution >= 4 is 34.1 Å². The van der Waals surface area contributed by atoms with Gasteiger partial charge in [-0.15, -0.1) is 0 Å². The zero-order chi connectivity index (χ0) is 14.0. The molecule has 0 rings (SSSR count). The van der Waals surface area contributed by atoms with Crippen molar-refractivity contribution in [2.24, 2.45) is 5.73 Å². The largest absolute Gasteiger partial charge is 0.385 e. The first-order valence-corrected chi connectivity index (χ1v) is 8.20. The van der Waals surface area contributed by atoms with Crippen LogP contribution in [0.15, 0.2) is 0 Å². The maximum Gasteiger partial charge on any atom is 0.149 e. The summed E-state index contributed by atoms with van der Waals surface area (Å²) >= 11 is 6.33. The molecule has 18 heavy (non-hydrogen) atoms. The van der Waals surface area contributed by atoms with Gasteiger partial charge >= 0.3 is 0 Å². The monoisotopic (exact) mass is 289 g/mol. The van der Waals surface area contributed by atoms with Gasteiger partial charge in [0.2, 0.25) is 0 Å². The van der Waals surface area contributed by atoms with Crippen LogP contribution >= 0.6 is 24.0 Å². The van der Waals surface area contributed by atoms with Crippen LogP contribution in [0.3, 0.4) is 0 Å². The third-order valence-electron chi connectivity index (χ3n) is 3.18. The minimum absolute atomic E-state index is 0.310. The molecule has 0 aromatic rings. The zero-order valence-corrected chi connectivity index (χ0v) is 13.6. The van der Waals surface area contributed by atoms with Crippen molar-refractivity contribution in [3.8, 4) is 0 Å². The molecule has 0 heterocycles. The molecule has 0 radical (unpaired) electrons. The molecular formula is C14H27NOS2. The van der Waals surface area contributed by atoms with Crippen molar-refractivity contribution in [2.75, 3.05) is 0 Å². The van der Waals surface area contributed by atoms with Gasteiger partial charge in [0.1, 0.15) is 10.1 Å². The van der Waals surface area contributed by atoms with E-state index < -0.39 is 4.75 Å². The van der Waals surface area contributed by atoms with Gasteiger partial charge in [0.05, 0.1) is 4.75 Å². The number of thioether (sulfide) groups is 1. The van der Waals surface area contributed by atoms with Crippen LogP contribution in [0.1, 0.15) is 72.1 Å². The quantitative estimate of drug-likeness (QED) is 0.476. The Balaban J connectivity index is 4.34. The Morgan fingerprint density at radius 2 is 1.78 bits per heavy atom. The van der Waals surface area contributed by atoms with Gasteiger partial charge in [-0.1, -0.05) is 69.9 Å². The Morgan fingerprint density at radius 3 is 2.28 bits per heavy atom. The van der Waals surface area contributed by atoms with E-state index in [1.165, 1.54) is 24.6 Å². The summed E-state index contributed by atoms with van der Waals surface area (Å²) < 4.78 is -0.0239. The van der Waals surface area contributed by atoms with Crippen LogP contribution in [0.5, 0.6) is 0 Å². The third kappa shape index (κ3) is 7.37. The molecule has 4 heteroatoms. The number of thiocarbonyl (C=S) groups is 1. The number of carbonyl (C=O) groups excluding carboxylic acids is 1. The Kier molecular flexibility index (Phi) is 9.74. The highest BCUT2D eigenvalue weighted by Crippen LogP contribution is 2.33. The standard InChI is InChI=1S/C14H27NOS2/c1-4-6-8-9-10-12(16)14(3,11-7-5-2)18-13(15)17/h4-11H2,1-3H3,(H2,15,17). The molecule has 0 aromatic carbocycles. The van der Waals surface area contributed by atoms with Crippen LogP contribution in [-0.4, -0.2) is 14.9 Å². The number of Topliss-reactive ketones (excluding diaryl/α,β-unsaturated/α-hetero) is 1. The molecule has 1 unspecified atom stereocenters. The fourth-order valence-corrected chi connectivity index (χ4v) is 3.42. The summed E-state index contributed by atoms with van der Waals surface area (Å²) in [6.07, 6.45) is 8.22. The third-order valence-corrected chi connectivity index (χ3v) is 4.51. The first kappa shape index (κ1) is 17.9. The lowest BCUT2D eigenvalue weighted by Gasteiger charge is -2.26. The van der Waals surface area contributed by atoms with E-state index >= 15 is 0 Å². The summed E-state index contributed by atoms with van der Waals surface area (Å²) in [6.45, 7) is 6.31. The molecule has 0 aliphatic carbocycles. The second-order valence-corrected chi connectivity index (χ2v) is 7.23. The highest BCUT2D eigenvalue weighted by atomic mass is 32.2. The number of hydrogen-bond donors (Lipinski definition) is 1. The number of nitrogens with two attached hydrogens (primary N) is 1. The van der Waals surface area contributed by atoms with E-state index in [-0.39, 0.29) is 0 Å². The molecule has 2 N–H and O–H groups in total. The summed E-state index contributed by atoms with van der Waals surface area (Å²) in [6, 6.07) is 0. The molecule has 0 saturated carbocycles. The van der Waals surface area contributed by atoms with Gasteiger partial charge in [0.25, 0.3) is 0 Å². The summed E-state index contributed by atoms with van der Waals surface area (Å²) in [7, 11) is 0. The van der Waals surface area contributed by atoms with E-state index in [1.54, 1.807) is 0 Å². The van der Waals surface area contributed by atoms with E-state index in [0.717, 1.165) is 32.1 Å². The molecule has 2 nitrogen and oxygen atoms in total. The highest BCUT2D eigenvalue weighted by Gasteiger charge is 2.33. The summed E-state index contributed by atoms with van der Waals surface area (Å²) in [5.41, 5.74) is 5.61. The molecule has 0 spiro atoms. The summed E-state index contributed by atoms with van der Waals surface area (Å²) in [5.74, 6) is 0.310. The Hall–Kier alpha value is -0.0900. The van der Waals surface area contributed by atoms with E-state index in [9.17, 15) is 4.79 Å². The Bertz CT molecular complexity index is 269. The van der Waals surface area contributed by atoms with Gasteiger partial charge in [-0.3, -0.25) is 4.79 Å². The number of ketones is 1. The average molecular weight is 290 g/mol. The highest BCUT2D eigenvalue weighted by molar-refractivity contribution is 8.24. The van der Waals surface area contributed by atoms with Crippen LogP contribution in [0.2, 0.25) is 0 Å². The zero-order valence-electron chi connectivity index (χ0n) is 12.0. The van der Waals surface area contributed by atoms with Crippen LogP contribution in [-0.2, 0) is 4.79 Å². The summed E-state index contributed by atoms with van der Waals surface area (Å²) in [4.78, 5) is 12.3. The molecule has 0 aliphatic rings. The van der Waals surface area contributed by atoms with Crippen molar-refractivity contribution < 1.29 is 4.79 Å². The lowest BCUT2D eigenvalue weighted by Crippen LogP contribution is -2.34. The number of rotatable bonds is 10. The van der Waals surface area contributed by atoms with E-state index in [4.69, 9.17) is 18.0 Å². The van der Waals surface area contributed by atoms with Crippen LogP contribution in [0, 0.1) is 0 Å². The maximum atomic E-state index is 12.3. The topological polar surface area (TPSA) is 43.1 Å². The van der Waals surface area contributed by atoms with E-state index in [2.05, 4.69) is 13.8 Å². The predicted molar refractivity (Wildman–Crippen MR) is 86.1 cm³/mol. The average Bonchev–Trinajstić information content (AvgIpc) is 2.31. The summed E-state index contributed by atoms with van der Waals surface area (Å²) in [5, 5.41) is 0. The molecule has 1 atom stereocenters. The lowest BCUT2D eigenvalue weighted by molar-refractivity contribution is -0.121. The van der Waals surface area contributed by atoms with Crippen molar-refractivity contribution in [2.45, 2.75) is 76.9 Å². The second-order valence-electron chi connectivity index (χ2n) is 4.99. The maximum absolute atomic E-state index is 12.3. The molecule has 0 fully saturated rings. The van der Waals surface area contributed by atoms with E-state index in [0.29, 0.717) is 16.5 Å². The molecule has 0 amide bonds. The Morgan fingerprint density at radius 1 is 1.17 bits per heavy atom. The van der Waals surface area contributed by atoms with Crippen LogP contribution in [0.25, 0.3) is 0 Å². The fourth-order valence-electron chi connectivity index (χ4n) is 1.96. The number of hydrogen-bond acceptors (Lipinski definition) is 3. The van der Waals surface area contributed by atoms with Crippen molar-refractivity contribution in [3.63, 3.8) is 0 Å². The molecular weight excluding hydrogens is 262 g/mol. The molecule has 0 bridgehead atoms. The van der Waals surface area contributed by atoms with Crippen LogP contribution in [0.4, 0.5) is 0 Å². The van der Waals surface area contributed by atoms with Crippen molar-refractivity contribution in [1.82, 2.24) is 0 Å². The molecule has 0 saturated heterocycles. The fraction of sp³-hybridized carbons (Fsp3) is 0.857. The minimum atomic E-state index is -0.409.